The molecule has 0 fully saturated rings. The van der Waals surface area contributed by atoms with Crippen molar-refractivity contribution >= 4 is 11.3 Å². The van der Waals surface area contributed by atoms with Gasteiger partial charge in [-0.05, 0) is 45.0 Å². The van der Waals surface area contributed by atoms with Crippen LogP contribution in [0.4, 0.5) is 4.39 Å². The standard InChI is InChI=1S/C10H14FNS/c1-12(2)8-3-4-9-7(5-8)6-10(11)13-9/h6,8H,3-5H2,1-2H3. The van der Waals surface area contributed by atoms with E-state index in [0.29, 0.717) is 6.04 Å². The Morgan fingerprint density at radius 1 is 1.54 bits per heavy atom. The van der Waals surface area contributed by atoms with Crippen LogP contribution in [0.15, 0.2) is 6.07 Å². The van der Waals surface area contributed by atoms with Crippen molar-refractivity contribution in [3.05, 3.63) is 21.6 Å². The molecule has 1 aromatic heterocycles. The summed E-state index contributed by atoms with van der Waals surface area (Å²) >= 11 is 1.32. The molecular weight excluding hydrogens is 185 g/mol. The lowest BCUT2D eigenvalue weighted by atomic mass is 9.94. The van der Waals surface area contributed by atoms with E-state index in [9.17, 15) is 4.39 Å². The summed E-state index contributed by atoms with van der Waals surface area (Å²) < 4.78 is 12.9. The SMILES string of the molecule is CN(C)C1CCc2sc(F)cc2C1. The van der Waals surface area contributed by atoms with Crippen molar-refractivity contribution in [1.29, 1.82) is 0 Å². The van der Waals surface area contributed by atoms with E-state index in [1.165, 1.54) is 28.2 Å². The van der Waals surface area contributed by atoms with E-state index in [1.54, 1.807) is 6.07 Å². The molecule has 0 radical (unpaired) electrons. The summed E-state index contributed by atoms with van der Waals surface area (Å²) in [5, 5.41) is -0.0237. The van der Waals surface area contributed by atoms with Gasteiger partial charge in [0.2, 0.25) is 0 Å². The summed E-state index contributed by atoms with van der Waals surface area (Å²) in [5.41, 5.74) is 1.23. The van der Waals surface area contributed by atoms with Gasteiger partial charge in [0.1, 0.15) is 0 Å². The molecule has 0 N–H and O–H groups in total. The number of hydrogen-bond donors (Lipinski definition) is 0. The van der Waals surface area contributed by atoms with Crippen molar-refractivity contribution in [3.8, 4) is 0 Å². The van der Waals surface area contributed by atoms with Gasteiger partial charge in [-0.2, -0.15) is 4.39 Å². The first-order chi connectivity index (χ1) is 6.16. The number of hydrogen-bond acceptors (Lipinski definition) is 2. The Bertz CT molecular complexity index is 306. The maximum atomic E-state index is 12.9. The fraction of sp³-hybridized carbons (Fsp3) is 0.600. The highest BCUT2D eigenvalue weighted by Crippen LogP contribution is 2.29. The third kappa shape index (κ3) is 1.76. The summed E-state index contributed by atoms with van der Waals surface area (Å²) in [4.78, 5) is 3.49. The van der Waals surface area contributed by atoms with Gasteiger partial charge < -0.3 is 4.90 Å². The molecular formula is C10H14FNS. The summed E-state index contributed by atoms with van der Waals surface area (Å²) in [6.07, 6.45) is 3.23. The van der Waals surface area contributed by atoms with Crippen LogP contribution in [0.5, 0.6) is 0 Å². The molecule has 0 spiro atoms. The zero-order chi connectivity index (χ0) is 9.42. The summed E-state index contributed by atoms with van der Waals surface area (Å²) in [6.45, 7) is 0. The van der Waals surface area contributed by atoms with Crippen molar-refractivity contribution in [3.63, 3.8) is 0 Å². The average molecular weight is 199 g/mol. The zero-order valence-electron chi connectivity index (χ0n) is 8.01. The molecule has 1 aromatic rings. The second-order valence-electron chi connectivity index (χ2n) is 3.86. The normalized spacial score (nSPS) is 22.0. The van der Waals surface area contributed by atoms with Crippen LogP contribution < -0.4 is 0 Å². The zero-order valence-corrected chi connectivity index (χ0v) is 8.83. The van der Waals surface area contributed by atoms with Crippen molar-refractivity contribution in [2.45, 2.75) is 25.3 Å². The Morgan fingerprint density at radius 3 is 3.00 bits per heavy atom. The van der Waals surface area contributed by atoms with Crippen LogP contribution in [0.1, 0.15) is 16.9 Å². The van der Waals surface area contributed by atoms with Crippen molar-refractivity contribution < 1.29 is 4.39 Å². The molecule has 1 atom stereocenters. The molecule has 0 aromatic carbocycles. The second kappa shape index (κ2) is 3.39. The fourth-order valence-corrected chi connectivity index (χ4v) is 2.84. The van der Waals surface area contributed by atoms with E-state index in [2.05, 4.69) is 19.0 Å². The van der Waals surface area contributed by atoms with E-state index in [0.717, 1.165) is 12.8 Å². The van der Waals surface area contributed by atoms with Crippen LogP contribution in [-0.4, -0.2) is 25.0 Å². The molecule has 1 aliphatic rings. The van der Waals surface area contributed by atoms with Gasteiger partial charge in [-0.1, -0.05) is 0 Å². The van der Waals surface area contributed by atoms with E-state index < -0.39 is 0 Å². The Kier molecular flexibility index (Phi) is 2.39. The van der Waals surface area contributed by atoms with E-state index in [4.69, 9.17) is 0 Å². The van der Waals surface area contributed by atoms with Crippen LogP contribution in [0.3, 0.4) is 0 Å². The number of aryl methyl sites for hydroxylation is 1. The summed E-state index contributed by atoms with van der Waals surface area (Å²) in [6, 6.07) is 2.30. The number of thiophene rings is 1. The number of nitrogens with zero attached hydrogens (tertiary/aromatic N) is 1. The minimum Gasteiger partial charge on any atom is -0.306 e. The third-order valence-electron chi connectivity index (χ3n) is 2.76. The smallest absolute Gasteiger partial charge is 0.176 e. The molecule has 1 unspecified atom stereocenters. The van der Waals surface area contributed by atoms with Gasteiger partial charge in [0.05, 0.1) is 0 Å². The van der Waals surface area contributed by atoms with Gasteiger partial charge in [-0.15, -0.1) is 11.3 Å². The van der Waals surface area contributed by atoms with Crippen molar-refractivity contribution in [1.82, 2.24) is 4.90 Å². The Balaban J connectivity index is 2.19. The van der Waals surface area contributed by atoms with E-state index >= 15 is 0 Å². The van der Waals surface area contributed by atoms with Gasteiger partial charge >= 0.3 is 0 Å². The second-order valence-corrected chi connectivity index (χ2v) is 4.95. The molecule has 0 aliphatic heterocycles. The van der Waals surface area contributed by atoms with Crippen LogP contribution in [-0.2, 0) is 12.8 Å². The van der Waals surface area contributed by atoms with Gasteiger partial charge in [-0.25, -0.2) is 0 Å². The lowest BCUT2D eigenvalue weighted by Crippen LogP contribution is -2.32. The first kappa shape index (κ1) is 9.16. The van der Waals surface area contributed by atoms with Gasteiger partial charge in [0, 0.05) is 10.9 Å². The number of fused-ring (bicyclic) bond motifs is 1. The number of likely N-dealkylation sites (N-methyl/N-ethyl adjacent to an activating group) is 1. The number of halogens is 1. The maximum absolute atomic E-state index is 12.9. The van der Waals surface area contributed by atoms with Crippen LogP contribution in [0.2, 0.25) is 0 Å². The Labute approximate surface area is 82.2 Å². The average Bonchev–Trinajstić information content (AvgIpc) is 2.42. The van der Waals surface area contributed by atoms with Crippen molar-refractivity contribution in [2.75, 3.05) is 14.1 Å². The topological polar surface area (TPSA) is 3.24 Å². The largest absolute Gasteiger partial charge is 0.306 e. The Hall–Kier alpha value is -0.410. The fourth-order valence-electron chi connectivity index (χ4n) is 1.91. The molecule has 0 saturated heterocycles. The highest BCUT2D eigenvalue weighted by Gasteiger charge is 2.22. The molecule has 0 amide bonds. The lowest BCUT2D eigenvalue weighted by Gasteiger charge is -2.27. The molecule has 72 valence electrons. The Morgan fingerprint density at radius 2 is 2.31 bits per heavy atom. The minimum atomic E-state index is -0.0237. The highest BCUT2D eigenvalue weighted by atomic mass is 32.1. The van der Waals surface area contributed by atoms with E-state index in [1.807, 2.05) is 0 Å². The van der Waals surface area contributed by atoms with Crippen LogP contribution in [0.25, 0.3) is 0 Å². The highest BCUT2D eigenvalue weighted by molar-refractivity contribution is 7.10. The summed E-state index contributed by atoms with van der Waals surface area (Å²) in [7, 11) is 4.19. The molecule has 0 bridgehead atoms. The first-order valence-electron chi connectivity index (χ1n) is 4.60. The van der Waals surface area contributed by atoms with Gasteiger partial charge in [0.25, 0.3) is 0 Å². The molecule has 1 nitrogen and oxygen atoms in total. The minimum absolute atomic E-state index is 0.0237. The van der Waals surface area contributed by atoms with Crippen molar-refractivity contribution in [2.24, 2.45) is 0 Å². The molecule has 13 heavy (non-hydrogen) atoms. The maximum Gasteiger partial charge on any atom is 0.176 e. The molecule has 0 saturated carbocycles. The first-order valence-corrected chi connectivity index (χ1v) is 5.42. The predicted molar refractivity (Wildman–Crippen MR) is 53.8 cm³/mol. The van der Waals surface area contributed by atoms with Crippen LogP contribution in [0, 0.1) is 5.13 Å². The molecule has 3 heteroatoms. The monoisotopic (exact) mass is 199 g/mol. The molecule has 2 rings (SSSR count). The third-order valence-corrected chi connectivity index (χ3v) is 3.78. The molecule has 1 heterocycles. The molecule has 1 aliphatic carbocycles. The van der Waals surface area contributed by atoms with Crippen LogP contribution >= 0.6 is 11.3 Å². The number of rotatable bonds is 1. The van der Waals surface area contributed by atoms with E-state index in [-0.39, 0.29) is 5.13 Å². The van der Waals surface area contributed by atoms with Gasteiger partial charge in [-0.3, -0.25) is 0 Å². The van der Waals surface area contributed by atoms with Gasteiger partial charge in [0.15, 0.2) is 5.13 Å². The lowest BCUT2D eigenvalue weighted by molar-refractivity contribution is 0.269. The summed E-state index contributed by atoms with van der Waals surface area (Å²) in [5.74, 6) is 0. The quantitative estimate of drug-likeness (QED) is 0.671. The predicted octanol–water partition coefficient (Wildman–Crippen LogP) is 2.31.